The van der Waals surface area contributed by atoms with Gasteiger partial charge < -0.3 is 5.32 Å². The van der Waals surface area contributed by atoms with E-state index < -0.39 is 10.0 Å². The number of hydrogen-bond donors (Lipinski definition) is 1. The number of hydrogen-bond acceptors (Lipinski definition) is 3. The second-order valence-corrected chi connectivity index (χ2v) is 8.07. The highest BCUT2D eigenvalue weighted by Crippen LogP contribution is 2.35. The first-order valence-electron chi connectivity index (χ1n) is 8.29. The van der Waals surface area contributed by atoms with Gasteiger partial charge in [0.15, 0.2) is 0 Å². The molecule has 2 aromatic rings. The number of nitrogens with zero attached hydrogens (tertiary/aromatic N) is 1. The van der Waals surface area contributed by atoms with E-state index in [0.29, 0.717) is 17.4 Å². The molecular weight excluding hydrogens is 344 g/mol. The number of nitrogens with one attached hydrogen (secondary N) is 1. The van der Waals surface area contributed by atoms with E-state index in [1.54, 1.807) is 30.5 Å². The van der Waals surface area contributed by atoms with E-state index in [2.05, 4.69) is 11.4 Å². The fourth-order valence-corrected chi connectivity index (χ4v) is 4.91. The zero-order valence-electron chi connectivity index (χ0n) is 13.9. The number of aromatic nitrogens is 1. The molecule has 0 unspecified atom stereocenters. The SMILES string of the molecule is CNCc1cc(C2CCCCC2)n(S(=O)(=O)c2ccccc2)c1.Cl. The Morgan fingerprint density at radius 1 is 1.12 bits per heavy atom. The molecule has 132 valence electrons. The van der Waals surface area contributed by atoms with Gasteiger partial charge in [-0.25, -0.2) is 12.4 Å². The Kier molecular flexibility index (Phi) is 6.49. The van der Waals surface area contributed by atoms with Crippen LogP contribution < -0.4 is 5.32 Å². The molecule has 0 amide bonds. The lowest BCUT2D eigenvalue weighted by Gasteiger charge is -2.23. The van der Waals surface area contributed by atoms with Gasteiger partial charge in [-0.2, -0.15) is 0 Å². The van der Waals surface area contributed by atoms with Gasteiger partial charge in [0.2, 0.25) is 0 Å². The summed E-state index contributed by atoms with van der Waals surface area (Å²) in [6, 6.07) is 10.8. The Balaban J connectivity index is 0.00000208. The summed E-state index contributed by atoms with van der Waals surface area (Å²) in [6.07, 6.45) is 7.56. The second-order valence-electron chi connectivity index (χ2n) is 6.25. The fraction of sp³-hybridized carbons (Fsp3) is 0.444. The monoisotopic (exact) mass is 368 g/mol. The minimum atomic E-state index is -3.53. The van der Waals surface area contributed by atoms with Gasteiger partial charge in [-0.15, -0.1) is 12.4 Å². The first-order chi connectivity index (χ1) is 11.1. The molecule has 0 radical (unpaired) electrons. The first kappa shape index (κ1) is 19.0. The molecule has 4 nitrogen and oxygen atoms in total. The Morgan fingerprint density at radius 2 is 1.79 bits per heavy atom. The van der Waals surface area contributed by atoms with Crippen LogP contribution in [0.25, 0.3) is 0 Å². The summed E-state index contributed by atoms with van der Waals surface area (Å²) in [5.74, 6) is 0.341. The standard InChI is InChI=1S/C18H24N2O2S.ClH/c1-19-13-15-12-18(16-8-4-2-5-9-16)20(14-15)23(21,22)17-10-6-3-7-11-17;/h3,6-7,10-12,14,16,19H,2,4-5,8-9,13H2,1H3;1H. The Bertz CT molecular complexity index is 751. The molecule has 24 heavy (non-hydrogen) atoms. The van der Waals surface area contributed by atoms with Crippen molar-refractivity contribution in [2.75, 3.05) is 7.05 Å². The van der Waals surface area contributed by atoms with Crippen LogP contribution in [0.5, 0.6) is 0 Å². The molecule has 0 atom stereocenters. The van der Waals surface area contributed by atoms with Gasteiger partial charge in [0.1, 0.15) is 0 Å². The third-order valence-corrected chi connectivity index (χ3v) is 6.28. The third-order valence-electron chi connectivity index (χ3n) is 4.58. The van der Waals surface area contributed by atoms with Crippen LogP contribution in [0.2, 0.25) is 0 Å². The van der Waals surface area contributed by atoms with Crippen molar-refractivity contribution in [1.29, 1.82) is 0 Å². The van der Waals surface area contributed by atoms with Gasteiger partial charge >= 0.3 is 0 Å². The van der Waals surface area contributed by atoms with Crippen molar-refractivity contribution in [3.8, 4) is 0 Å². The molecule has 1 aromatic carbocycles. The van der Waals surface area contributed by atoms with Crippen molar-refractivity contribution in [3.63, 3.8) is 0 Å². The van der Waals surface area contributed by atoms with Crippen molar-refractivity contribution in [3.05, 3.63) is 53.9 Å². The summed E-state index contributed by atoms with van der Waals surface area (Å²) < 4.78 is 27.6. The zero-order chi connectivity index (χ0) is 16.3. The van der Waals surface area contributed by atoms with Crippen LogP contribution in [-0.4, -0.2) is 19.4 Å². The maximum atomic E-state index is 13.1. The molecule has 1 aliphatic rings. The highest BCUT2D eigenvalue weighted by Gasteiger charge is 2.26. The van der Waals surface area contributed by atoms with Crippen LogP contribution >= 0.6 is 12.4 Å². The summed E-state index contributed by atoms with van der Waals surface area (Å²) in [4.78, 5) is 0.351. The summed E-state index contributed by atoms with van der Waals surface area (Å²) >= 11 is 0. The molecule has 0 bridgehead atoms. The predicted molar refractivity (Wildman–Crippen MR) is 99.3 cm³/mol. The van der Waals surface area contributed by atoms with Crippen LogP contribution in [0.15, 0.2) is 47.5 Å². The van der Waals surface area contributed by atoms with E-state index in [1.165, 1.54) is 23.2 Å². The van der Waals surface area contributed by atoms with Crippen molar-refractivity contribution in [2.45, 2.75) is 49.5 Å². The highest BCUT2D eigenvalue weighted by atomic mass is 35.5. The van der Waals surface area contributed by atoms with Crippen LogP contribution in [0.1, 0.15) is 49.3 Å². The van der Waals surface area contributed by atoms with Crippen LogP contribution in [0.4, 0.5) is 0 Å². The van der Waals surface area contributed by atoms with Crippen molar-refractivity contribution >= 4 is 22.4 Å². The lowest BCUT2D eigenvalue weighted by molar-refractivity contribution is 0.434. The Labute approximate surface area is 150 Å². The van der Waals surface area contributed by atoms with Gasteiger partial charge in [0.05, 0.1) is 4.90 Å². The molecule has 1 heterocycles. The van der Waals surface area contributed by atoms with Crippen LogP contribution in [0.3, 0.4) is 0 Å². The normalized spacial score (nSPS) is 15.9. The van der Waals surface area contributed by atoms with Crippen LogP contribution in [-0.2, 0) is 16.6 Å². The molecule has 1 fully saturated rings. The van der Waals surface area contributed by atoms with Gasteiger partial charge in [0.25, 0.3) is 10.0 Å². The van der Waals surface area contributed by atoms with Gasteiger partial charge in [-0.05, 0) is 43.7 Å². The van der Waals surface area contributed by atoms with E-state index in [-0.39, 0.29) is 12.4 Å². The van der Waals surface area contributed by atoms with Gasteiger partial charge in [0, 0.05) is 24.4 Å². The lowest BCUT2D eigenvalue weighted by Crippen LogP contribution is -2.18. The van der Waals surface area contributed by atoms with E-state index in [4.69, 9.17) is 0 Å². The minimum Gasteiger partial charge on any atom is -0.316 e. The van der Waals surface area contributed by atoms with Crippen molar-refractivity contribution < 1.29 is 8.42 Å². The van der Waals surface area contributed by atoms with Gasteiger partial charge in [-0.1, -0.05) is 37.5 Å². The average molecular weight is 369 g/mol. The number of rotatable bonds is 5. The van der Waals surface area contributed by atoms with Gasteiger partial charge in [-0.3, -0.25) is 0 Å². The molecular formula is C18H25ClN2O2S. The first-order valence-corrected chi connectivity index (χ1v) is 9.73. The molecule has 6 heteroatoms. The van der Waals surface area contributed by atoms with E-state index >= 15 is 0 Å². The summed E-state index contributed by atoms with van der Waals surface area (Å²) in [6.45, 7) is 0.678. The zero-order valence-corrected chi connectivity index (χ0v) is 15.6. The Morgan fingerprint density at radius 3 is 2.42 bits per heavy atom. The highest BCUT2D eigenvalue weighted by molar-refractivity contribution is 7.90. The predicted octanol–water partition coefficient (Wildman–Crippen LogP) is 3.91. The van der Waals surface area contributed by atoms with E-state index in [9.17, 15) is 8.42 Å². The van der Waals surface area contributed by atoms with E-state index in [0.717, 1.165) is 24.1 Å². The number of benzene rings is 1. The Hall–Kier alpha value is -1.30. The molecule has 1 saturated carbocycles. The summed E-state index contributed by atoms with van der Waals surface area (Å²) in [5, 5.41) is 3.11. The summed E-state index contributed by atoms with van der Waals surface area (Å²) in [7, 11) is -1.65. The molecule has 3 rings (SSSR count). The molecule has 1 aromatic heterocycles. The molecule has 0 spiro atoms. The molecule has 0 saturated heterocycles. The molecule has 1 aliphatic carbocycles. The second kappa shape index (κ2) is 8.19. The van der Waals surface area contributed by atoms with Crippen LogP contribution in [0, 0.1) is 0 Å². The lowest BCUT2D eigenvalue weighted by atomic mass is 9.87. The third kappa shape index (κ3) is 3.85. The van der Waals surface area contributed by atoms with Crippen molar-refractivity contribution in [2.24, 2.45) is 0 Å². The fourth-order valence-electron chi connectivity index (χ4n) is 3.43. The maximum absolute atomic E-state index is 13.1. The molecule has 0 aliphatic heterocycles. The number of halogens is 1. The smallest absolute Gasteiger partial charge is 0.267 e. The average Bonchev–Trinajstić information content (AvgIpc) is 3.02. The van der Waals surface area contributed by atoms with Crippen molar-refractivity contribution in [1.82, 2.24) is 9.29 Å². The maximum Gasteiger partial charge on any atom is 0.267 e. The quantitative estimate of drug-likeness (QED) is 0.870. The van der Waals surface area contributed by atoms with E-state index in [1.807, 2.05) is 13.1 Å². The summed E-state index contributed by atoms with van der Waals surface area (Å²) in [5.41, 5.74) is 1.96. The minimum absolute atomic E-state index is 0. The topological polar surface area (TPSA) is 51.1 Å². The molecule has 1 N–H and O–H groups in total. The largest absolute Gasteiger partial charge is 0.316 e.